The minimum absolute atomic E-state index is 0.188. The highest BCUT2D eigenvalue weighted by Crippen LogP contribution is 2.29. The number of nitrogens with zero attached hydrogens (tertiary/aromatic N) is 2. The van der Waals surface area contributed by atoms with Crippen molar-refractivity contribution in [3.05, 3.63) is 47.3 Å². The summed E-state index contributed by atoms with van der Waals surface area (Å²) in [5, 5.41) is 6.98. The van der Waals surface area contributed by atoms with E-state index in [2.05, 4.69) is 21.4 Å². The van der Waals surface area contributed by atoms with Crippen molar-refractivity contribution >= 4 is 5.91 Å². The van der Waals surface area contributed by atoms with Crippen LogP contribution in [0.1, 0.15) is 53.9 Å². The summed E-state index contributed by atoms with van der Waals surface area (Å²) >= 11 is 0. The zero-order valence-corrected chi connectivity index (χ0v) is 15.5. The van der Waals surface area contributed by atoms with Crippen molar-refractivity contribution in [2.45, 2.75) is 38.6 Å². The van der Waals surface area contributed by atoms with Gasteiger partial charge >= 0.3 is 0 Å². The molecule has 1 aromatic carbocycles. The van der Waals surface area contributed by atoms with Gasteiger partial charge in [0.25, 0.3) is 5.91 Å². The molecular weight excluding hydrogens is 330 g/mol. The molecule has 0 saturated carbocycles. The second-order valence-electron chi connectivity index (χ2n) is 6.76. The number of ether oxygens (including phenoxy) is 1. The SMILES string of the molecule is CCCNC(=O)c1cc([C@@H]2CCCN(Cc3ccccc3OC)C2)no1. The van der Waals surface area contributed by atoms with Gasteiger partial charge in [0.1, 0.15) is 5.75 Å². The predicted octanol–water partition coefficient (Wildman–Crippen LogP) is 3.20. The lowest BCUT2D eigenvalue weighted by Gasteiger charge is -2.32. The number of likely N-dealkylation sites (tertiary alicyclic amines) is 1. The Kier molecular flexibility index (Phi) is 6.28. The Morgan fingerprint density at radius 1 is 1.42 bits per heavy atom. The number of hydrogen-bond donors (Lipinski definition) is 1. The average molecular weight is 357 g/mol. The van der Waals surface area contributed by atoms with Crippen LogP contribution in [0.25, 0.3) is 0 Å². The van der Waals surface area contributed by atoms with Gasteiger partial charge in [-0.3, -0.25) is 9.69 Å². The maximum Gasteiger partial charge on any atom is 0.289 e. The Morgan fingerprint density at radius 2 is 2.27 bits per heavy atom. The van der Waals surface area contributed by atoms with E-state index in [0.29, 0.717) is 12.3 Å². The van der Waals surface area contributed by atoms with Crippen LogP contribution in [-0.4, -0.2) is 42.7 Å². The first-order valence-corrected chi connectivity index (χ1v) is 9.30. The third-order valence-corrected chi connectivity index (χ3v) is 4.80. The minimum Gasteiger partial charge on any atom is -0.496 e. The van der Waals surface area contributed by atoms with E-state index in [4.69, 9.17) is 9.26 Å². The smallest absolute Gasteiger partial charge is 0.289 e. The highest BCUT2D eigenvalue weighted by molar-refractivity contribution is 5.91. The van der Waals surface area contributed by atoms with Gasteiger partial charge in [-0.1, -0.05) is 30.3 Å². The number of amides is 1. The van der Waals surface area contributed by atoms with E-state index in [1.807, 2.05) is 25.1 Å². The Morgan fingerprint density at radius 3 is 3.08 bits per heavy atom. The number of nitrogens with one attached hydrogen (secondary N) is 1. The zero-order valence-electron chi connectivity index (χ0n) is 15.5. The second kappa shape index (κ2) is 8.85. The van der Waals surface area contributed by atoms with Crippen LogP contribution in [0, 0.1) is 0 Å². The first kappa shape index (κ1) is 18.5. The molecule has 0 radical (unpaired) electrons. The van der Waals surface area contributed by atoms with Crippen molar-refractivity contribution in [2.24, 2.45) is 0 Å². The molecule has 0 unspecified atom stereocenters. The first-order valence-electron chi connectivity index (χ1n) is 9.30. The van der Waals surface area contributed by atoms with Gasteiger partial charge in [-0.2, -0.15) is 0 Å². The van der Waals surface area contributed by atoms with Crippen molar-refractivity contribution < 1.29 is 14.1 Å². The van der Waals surface area contributed by atoms with E-state index in [-0.39, 0.29) is 11.8 Å². The van der Waals surface area contributed by atoms with Crippen molar-refractivity contribution in [3.63, 3.8) is 0 Å². The largest absolute Gasteiger partial charge is 0.496 e. The van der Waals surface area contributed by atoms with Gasteiger partial charge in [0.15, 0.2) is 0 Å². The van der Waals surface area contributed by atoms with E-state index in [1.165, 1.54) is 5.56 Å². The van der Waals surface area contributed by atoms with Crippen molar-refractivity contribution in [3.8, 4) is 5.75 Å². The van der Waals surface area contributed by atoms with Crippen LogP contribution < -0.4 is 10.1 Å². The normalized spacial score (nSPS) is 17.8. The minimum atomic E-state index is -0.188. The van der Waals surface area contributed by atoms with Crippen LogP contribution in [0.4, 0.5) is 0 Å². The Labute approximate surface area is 154 Å². The number of carbonyl (C=O) groups excluding carboxylic acids is 1. The molecule has 1 saturated heterocycles. The third kappa shape index (κ3) is 4.43. The zero-order chi connectivity index (χ0) is 18.4. The van der Waals surface area contributed by atoms with Gasteiger partial charge in [-0.25, -0.2) is 0 Å². The van der Waals surface area contributed by atoms with Crippen LogP contribution in [0.3, 0.4) is 0 Å². The van der Waals surface area contributed by atoms with Crippen molar-refractivity contribution in [1.82, 2.24) is 15.4 Å². The Bertz CT molecular complexity index is 729. The molecule has 1 aromatic heterocycles. The van der Waals surface area contributed by atoms with Crippen LogP contribution in [0.2, 0.25) is 0 Å². The summed E-state index contributed by atoms with van der Waals surface area (Å²) in [5.74, 6) is 1.32. The quantitative estimate of drug-likeness (QED) is 0.824. The van der Waals surface area contributed by atoms with Crippen LogP contribution in [-0.2, 0) is 6.54 Å². The van der Waals surface area contributed by atoms with E-state index in [0.717, 1.165) is 50.3 Å². The molecule has 140 valence electrons. The number of carbonyl (C=O) groups is 1. The Balaban J connectivity index is 1.63. The van der Waals surface area contributed by atoms with Gasteiger partial charge < -0.3 is 14.6 Å². The number of methoxy groups -OCH3 is 1. The number of hydrogen-bond acceptors (Lipinski definition) is 5. The molecule has 1 amide bonds. The molecule has 3 rings (SSSR count). The summed E-state index contributed by atoms with van der Waals surface area (Å²) < 4.78 is 10.7. The first-order chi connectivity index (χ1) is 12.7. The molecule has 6 nitrogen and oxygen atoms in total. The van der Waals surface area contributed by atoms with Gasteiger partial charge in [0, 0.05) is 37.2 Å². The van der Waals surface area contributed by atoms with Crippen molar-refractivity contribution in [2.75, 3.05) is 26.7 Å². The molecule has 6 heteroatoms. The van der Waals surface area contributed by atoms with Crippen LogP contribution in [0.5, 0.6) is 5.75 Å². The third-order valence-electron chi connectivity index (χ3n) is 4.80. The predicted molar refractivity (Wildman–Crippen MR) is 99.4 cm³/mol. The molecule has 0 aliphatic carbocycles. The maximum absolute atomic E-state index is 12.0. The molecule has 1 aliphatic rings. The van der Waals surface area contributed by atoms with Crippen LogP contribution in [0.15, 0.2) is 34.9 Å². The number of para-hydroxylation sites is 1. The molecule has 2 aromatic rings. The topological polar surface area (TPSA) is 67.6 Å². The molecule has 1 aliphatic heterocycles. The van der Waals surface area contributed by atoms with E-state index in [1.54, 1.807) is 13.2 Å². The molecule has 1 N–H and O–H groups in total. The summed E-state index contributed by atoms with van der Waals surface area (Å²) in [6.07, 6.45) is 3.06. The standard InChI is InChI=1S/C20H27N3O3/c1-3-10-21-20(24)19-12-17(22-26-19)15-8-6-11-23(13-15)14-16-7-4-5-9-18(16)25-2/h4-5,7,9,12,15H,3,6,8,10-11,13-14H2,1-2H3,(H,21,24)/t15-/m1/s1. The van der Waals surface area contributed by atoms with E-state index >= 15 is 0 Å². The lowest BCUT2D eigenvalue weighted by molar-refractivity contribution is 0.0916. The molecule has 26 heavy (non-hydrogen) atoms. The van der Waals surface area contributed by atoms with Gasteiger partial charge in [0.2, 0.25) is 5.76 Å². The molecule has 2 heterocycles. The van der Waals surface area contributed by atoms with E-state index < -0.39 is 0 Å². The molecular formula is C20H27N3O3. The molecule has 1 atom stereocenters. The fourth-order valence-electron chi connectivity index (χ4n) is 3.43. The monoisotopic (exact) mass is 357 g/mol. The Hall–Kier alpha value is -2.34. The summed E-state index contributed by atoms with van der Waals surface area (Å²) in [6, 6.07) is 9.92. The van der Waals surface area contributed by atoms with E-state index in [9.17, 15) is 4.79 Å². The molecule has 0 bridgehead atoms. The maximum atomic E-state index is 12.0. The number of rotatable bonds is 7. The fourth-order valence-corrected chi connectivity index (χ4v) is 3.43. The summed E-state index contributed by atoms with van der Waals surface area (Å²) in [7, 11) is 1.71. The second-order valence-corrected chi connectivity index (χ2v) is 6.76. The number of piperidine rings is 1. The summed E-state index contributed by atoms with van der Waals surface area (Å²) in [4.78, 5) is 14.4. The van der Waals surface area contributed by atoms with Gasteiger partial charge in [0.05, 0.1) is 12.8 Å². The molecule has 0 spiro atoms. The highest BCUT2D eigenvalue weighted by Gasteiger charge is 2.25. The highest BCUT2D eigenvalue weighted by atomic mass is 16.5. The van der Waals surface area contributed by atoms with Crippen molar-refractivity contribution in [1.29, 1.82) is 0 Å². The summed E-state index contributed by atoms with van der Waals surface area (Å²) in [5.41, 5.74) is 2.06. The van der Waals surface area contributed by atoms with Gasteiger partial charge in [-0.15, -0.1) is 0 Å². The fraction of sp³-hybridized carbons (Fsp3) is 0.500. The number of aromatic nitrogens is 1. The lowest BCUT2D eigenvalue weighted by atomic mass is 9.94. The van der Waals surface area contributed by atoms with Gasteiger partial charge in [-0.05, 0) is 31.9 Å². The average Bonchev–Trinajstić information content (AvgIpc) is 3.17. The van der Waals surface area contributed by atoms with Crippen LogP contribution >= 0.6 is 0 Å². The lowest BCUT2D eigenvalue weighted by Crippen LogP contribution is -2.34. The molecule has 1 fully saturated rings. The number of benzene rings is 1. The summed E-state index contributed by atoms with van der Waals surface area (Å²) in [6.45, 7) is 5.47.